The fourth-order valence-corrected chi connectivity index (χ4v) is 1.85. The highest BCUT2D eigenvalue weighted by Gasteiger charge is 2.11. The summed E-state index contributed by atoms with van der Waals surface area (Å²) in [6.07, 6.45) is 0.148. The third-order valence-electron chi connectivity index (χ3n) is 2.82. The summed E-state index contributed by atoms with van der Waals surface area (Å²) in [5.74, 6) is -0.760. The number of aromatic nitrogens is 2. The van der Waals surface area contributed by atoms with Crippen LogP contribution in [0.5, 0.6) is 0 Å². The fraction of sp³-hybridized carbons (Fsp3) is 0.333. The van der Waals surface area contributed by atoms with Gasteiger partial charge in [0.2, 0.25) is 0 Å². The molecule has 0 amide bonds. The molecule has 16 heavy (non-hydrogen) atoms. The summed E-state index contributed by atoms with van der Waals surface area (Å²) < 4.78 is 0. The standard InChI is InChI=1S/C12H14N2O2/c1-7(5-12(15)16)9-3-4-10-8(2)13-14-11(10)6-9/h3-4,6-7H,5H2,1-2H3,(H,13,14)(H,15,16). The van der Waals surface area contributed by atoms with E-state index in [4.69, 9.17) is 5.11 Å². The average molecular weight is 218 g/mol. The molecule has 0 spiro atoms. The lowest BCUT2D eigenvalue weighted by molar-refractivity contribution is -0.137. The molecular weight excluding hydrogens is 204 g/mol. The van der Waals surface area contributed by atoms with E-state index in [2.05, 4.69) is 10.2 Å². The van der Waals surface area contributed by atoms with E-state index in [1.54, 1.807) is 0 Å². The zero-order chi connectivity index (χ0) is 11.7. The monoisotopic (exact) mass is 218 g/mol. The van der Waals surface area contributed by atoms with Gasteiger partial charge in [-0.1, -0.05) is 19.1 Å². The van der Waals surface area contributed by atoms with Crippen LogP contribution in [0, 0.1) is 6.92 Å². The molecule has 0 bridgehead atoms. The molecule has 0 fully saturated rings. The zero-order valence-corrected chi connectivity index (χ0v) is 9.32. The van der Waals surface area contributed by atoms with E-state index in [0.717, 1.165) is 22.2 Å². The molecule has 0 radical (unpaired) electrons. The Hall–Kier alpha value is -1.84. The molecule has 0 aliphatic heterocycles. The molecule has 0 saturated carbocycles. The third-order valence-corrected chi connectivity index (χ3v) is 2.82. The summed E-state index contributed by atoms with van der Waals surface area (Å²) in [6.45, 7) is 3.88. The molecule has 0 saturated heterocycles. The predicted octanol–water partition coefficient (Wildman–Crippen LogP) is 2.45. The number of nitrogens with one attached hydrogen (secondary N) is 1. The van der Waals surface area contributed by atoms with Gasteiger partial charge in [0, 0.05) is 11.1 Å². The lowest BCUT2D eigenvalue weighted by Crippen LogP contribution is -2.02. The van der Waals surface area contributed by atoms with Crippen LogP contribution >= 0.6 is 0 Å². The summed E-state index contributed by atoms with van der Waals surface area (Å²) >= 11 is 0. The van der Waals surface area contributed by atoms with Crippen molar-refractivity contribution < 1.29 is 9.90 Å². The van der Waals surface area contributed by atoms with Gasteiger partial charge in [-0.15, -0.1) is 0 Å². The van der Waals surface area contributed by atoms with Gasteiger partial charge in [0.1, 0.15) is 0 Å². The second-order valence-corrected chi connectivity index (χ2v) is 4.12. The number of aryl methyl sites for hydroxylation is 1. The minimum absolute atomic E-state index is 0.0129. The van der Waals surface area contributed by atoms with Gasteiger partial charge in [-0.05, 0) is 24.5 Å². The SMILES string of the molecule is Cc1[nH]nc2cc(C(C)CC(=O)O)ccc12. The highest BCUT2D eigenvalue weighted by atomic mass is 16.4. The summed E-state index contributed by atoms with van der Waals surface area (Å²) in [5, 5.41) is 16.9. The van der Waals surface area contributed by atoms with Crippen LogP contribution in [0.15, 0.2) is 18.2 Å². The molecule has 4 nitrogen and oxygen atoms in total. The second-order valence-electron chi connectivity index (χ2n) is 4.12. The first-order valence-corrected chi connectivity index (χ1v) is 5.24. The van der Waals surface area contributed by atoms with Gasteiger partial charge < -0.3 is 5.11 Å². The predicted molar refractivity (Wildman–Crippen MR) is 61.5 cm³/mol. The number of carbonyl (C=O) groups is 1. The number of carboxylic acids is 1. The first-order chi connectivity index (χ1) is 7.58. The van der Waals surface area contributed by atoms with Crippen LogP contribution in [-0.4, -0.2) is 21.3 Å². The summed E-state index contributed by atoms with van der Waals surface area (Å²) in [6, 6.07) is 5.91. The van der Waals surface area contributed by atoms with Gasteiger partial charge in [-0.25, -0.2) is 0 Å². The number of aliphatic carboxylic acids is 1. The maximum atomic E-state index is 10.6. The molecule has 4 heteroatoms. The normalized spacial score (nSPS) is 12.9. The van der Waals surface area contributed by atoms with Crippen molar-refractivity contribution >= 4 is 16.9 Å². The van der Waals surface area contributed by atoms with E-state index < -0.39 is 5.97 Å². The molecule has 1 aromatic carbocycles. The number of rotatable bonds is 3. The lowest BCUT2D eigenvalue weighted by atomic mass is 9.97. The topological polar surface area (TPSA) is 66.0 Å². The first-order valence-electron chi connectivity index (χ1n) is 5.24. The van der Waals surface area contributed by atoms with Crippen molar-refractivity contribution in [2.75, 3.05) is 0 Å². The minimum atomic E-state index is -0.772. The first kappa shape index (κ1) is 10.7. The molecule has 1 atom stereocenters. The molecule has 84 valence electrons. The Bertz CT molecular complexity index is 531. The molecule has 0 aliphatic carbocycles. The molecular formula is C12H14N2O2. The summed E-state index contributed by atoms with van der Waals surface area (Å²) in [4.78, 5) is 10.6. The van der Waals surface area contributed by atoms with E-state index in [0.29, 0.717) is 0 Å². The van der Waals surface area contributed by atoms with Gasteiger partial charge in [0.15, 0.2) is 0 Å². The smallest absolute Gasteiger partial charge is 0.303 e. The van der Waals surface area contributed by atoms with Crippen LogP contribution in [0.4, 0.5) is 0 Å². The van der Waals surface area contributed by atoms with Crippen LogP contribution in [0.25, 0.3) is 10.9 Å². The van der Waals surface area contributed by atoms with Crippen molar-refractivity contribution in [1.82, 2.24) is 10.2 Å². The average Bonchev–Trinajstić information content (AvgIpc) is 2.59. The molecule has 2 N–H and O–H groups in total. The van der Waals surface area contributed by atoms with Crippen LogP contribution < -0.4 is 0 Å². The number of benzene rings is 1. The van der Waals surface area contributed by atoms with Crippen LogP contribution in [0.2, 0.25) is 0 Å². The highest BCUT2D eigenvalue weighted by Crippen LogP contribution is 2.24. The summed E-state index contributed by atoms with van der Waals surface area (Å²) in [7, 11) is 0. The largest absolute Gasteiger partial charge is 0.481 e. The molecule has 2 aromatic rings. The Morgan fingerprint density at radius 3 is 3.00 bits per heavy atom. The maximum absolute atomic E-state index is 10.6. The van der Waals surface area contributed by atoms with Gasteiger partial charge >= 0.3 is 5.97 Å². The van der Waals surface area contributed by atoms with Gasteiger partial charge in [0.25, 0.3) is 0 Å². The minimum Gasteiger partial charge on any atom is -0.481 e. The van der Waals surface area contributed by atoms with Crippen molar-refractivity contribution in [3.8, 4) is 0 Å². The van der Waals surface area contributed by atoms with Crippen LogP contribution in [-0.2, 0) is 4.79 Å². The van der Waals surface area contributed by atoms with E-state index in [-0.39, 0.29) is 12.3 Å². The Labute approximate surface area is 93.3 Å². The lowest BCUT2D eigenvalue weighted by Gasteiger charge is -2.08. The number of hydrogen-bond acceptors (Lipinski definition) is 2. The van der Waals surface area contributed by atoms with Crippen molar-refractivity contribution in [1.29, 1.82) is 0 Å². The number of H-pyrrole nitrogens is 1. The molecule has 1 heterocycles. The van der Waals surface area contributed by atoms with Gasteiger partial charge in [0.05, 0.1) is 11.9 Å². The Balaban J connectivity index is 2.35. The van der Waals surface area contributed by atoms with E-state index >= 15 is 0 Å². The Morgan fingerprint density at radius 1 is 1.56 bits per heavy atom. The molecule has 2 rings (SSSR count). The number of fused-ring (bicyclic) bond motifs is 1. The Kier molecular flexibility index (Phi) is 2.64. The fourth-order valence-electron chi connectivity index (χ4n) is 1.85. The van der Waals surface area contributed by atoms with E-state index in [1.165, 1.54) is 0 Å². The van der Waals surface area contributed by atoms with E-state index in [1.807, 2.05) is 32.0 Å². The van der Waals surface area contributed by atoms with Crippen molar-refractivity contribution in [2.45, 2.75) is 26.2 Å². The van der Waals surface area contributed by atoms with Crippen molar-refractivity contribution in [3.63, 3.8) is 0 Å². The quantitative estimate of drug-likeness (QED) is 0.831. The van der Waals surface area contributed by atoms with Crippen molar-refractivity contribution in [2.24, 2.45) is 0 Å². The molecule has 1 aromatic heterocycles. The zero-order valence-electron chi connectivity index (χ0n) is 9.32. The molecule has 1 unspecified atom stereocenters. The number of aromatic amines is 1. The van der Waals surface area contributed by atoms with Gasteiger partial charge in [-0.3, -0.25) is 9.89 Å². The number of carboxylic acid groups (broad SMARTS) is 1. The second kappa shape index (κ2) is 3.96. The van der Waals surface area contributed by atoms with Gasteiger partial charge in [-0.2, -0.15) is 5.10 Å². The Morgan fingerprint density at radius 2 is 2.31 bits per heavy atom. The number of hydrogen-bond donors (Lipinski definition) is 2. The van der Waals surface area contributed by atoms with Crippen molar-refractivity contribution in [3.05, 3.63) is 29.5 Å². The maximum Gasteiger partial charge on any atom is 0.303 e. The van der Waals surface area contributed by atoms with Crippen LogP contribution in [0.3, 0.4) is 0 Å². The number of nitrogens with zero attached hydrogens (tertiary/aromatic N) is 1. The van der Waals surface area contributed by atoms with Crippen LogP contribution in [0.1, 0.15) is 30.5 Å². The summed E-state index contributed by atoms with van der Waals surface area (Å²) in [5.41, 5.74) is 2.95. The van der Waals surface area contributed by atoms with E-state index in [9.17, 15) is 4.79 Å². The molecule has 0 aliphatic rings. The highest BCUT2D eigenvalue weighted by molar-refractivity contribution is 5.82. The third kappa shape index (κ3) is 1.91.